The third kappa shape index (κ3) is 4.10. The second-order valence-corrected chi connectivity index (χ2v) is 11.5. The molecule has 0 aliphatic carbocycles. The molecule has 0 aliphatic rings. The molecule has 0 aliphatic heterocycles. The lowest BCUT2D eigenvalue weighted by Crippen LogP contribution is -1.93. The number of aromatic nitrogens is 3. The Labute approximate surface area is 249 Å². The molecule has 4 heteroatoms. The molecule has 0 bridgehead atoms. The van der Waals surface area contributed by atoms with Gasteiger partial charge in [0.25, 0.3) is 0 Å². The van der Waals surface area contributed by atoms with Gasteiger partial charge in [-0.05, 0) is 104 Å². The van der Waals surface area contributed by atoms with E-state index in [4.69, 9.17) is 19.4 Å². The Morgan fingerprint density at radius 1 is 0.558 bits per heavy atom. The maximum Gasteiger partial charge on any atom is 0.161 e. The van der Waals surface area contributed by atoms with E-state index in [-0.39, 0.29) is 0 Å². The summed E-state index contributed by atoms with van der Waals surface area (Å²) in [5.41, 5.74) is 14.5. The average molecular weight is 556 g/mol. The van der Waals surface area contributed by atoms with Crippen molar-refractivity contribution in [1.29, 1.82) is 0 Å². The summed E-state index contributed by atoms with van der Waals surface area (Å²) in [5, 5.41) is 4.32. The van der Waals surface area contributed by atoms with E-state index in [0.29, 0.717) is 0 Å². The van der Waals surface area contributed by atoms with E-state index in [9.17, 15) is 0 Å². The van der Waals surface area contributed by atoms with Gasteiger partial charge in [0, 0.05) is 44.6 Å². The number of furan rings is 1. The highest BCUT2D eigenvalue weighted by atomic mass is 16.3. The topological polar surface area (TPSA) is 51.8 Å². The number of fused-ring (bicyclic) bond motifs is 6. The first kappa shape index (κ1) is 25.4. The Kier molecular flexibility index (Phi) is 5.66. The largest absolute Gasteiger partial charge is 0.453 e. The summed E-state index contributed by atoms with van der Waals surface area (Å²) >= 11 is 0. The van der Waals surface area contributed by atoms with Gasteiger partial charge in [-0.3, -0.25) is 4.98 Å². The molecular weight excluding hydrogens is 526 g/mol. The van der Waals surface area contributed by atoms with E-state index in [1.807, 2.05) is 19.2 Å². The normalized spacial score (nSPS) is 11.7. The van der Waals surface area contributed by atoms with Crippen LogP contribution in [0, 0.1) is 27.7 Å². The average Bonchev–Trinajstić information content (AvgIpc) is 3.40. The molecule has 8 aromatic rings. The fourth-order valence-electron chi connectivity index (χ4n) is 6.43. The molecule has 0 saturated heterocycles. The molecule has 4 aromatic heterocycles. The molecule has 4 heterocycles. The van der Waals surface area contributed by atoms with Crippen LogP contribution in [-0.4, -0.2) is 15.0 Å². The highest BCUT2D eigenvalue weighted by molar-refractivity contribution is 6.16. The van der Waals surface area contributed by atoms with Crippen molar-refractivity contribution in [3.63, 3.8) is 0 Å². The molecule has 4 nitrogen and oxygen atoms in total. The van der Waals surface area contributed by atoms with Crippen molar-refractivity contribution < 1.29 is 4.42 Å². The smallest absolute Gasteiger partial charge is 0.161 e. The van der Waals surface area contributed by atoms with E-state index >= 15 is 0 Å². The molecule has 206 valence electrons. The van der Waals surface area contributed by atoms with E-state index in [1.165, 1.54) is 27.8 Å². The van der Waals surface area contributed by atoms with Crippen LogP contribution in [0.15, 0.2) is 108 Å². The molecule has 0 saturated carbocycles. The second kappa shape index (κ2) is 9.60. The Balaban J connectivity index is 1.25. The van der Waals surface area contributed by atoms with Crippen LogP contribution in [0.5, 0.6) is 0 Å². The Hall–Kier alpha value is -5.35. The van der Waals surface area contributed by atoms with E-state index < -0.39 is 0 Å². The van der Waals surface area contributed by atoms with E-state index in [2.05, 4.69) is 112 Å². The fraction of sp³-hybridized carbons (Fsp3) is 0.103. The Bertz CT molecular complexity index is 2380. The van der Waals surface area contributed by atoms with Crippen LogP contribution in [-0.2, 0) is 0 Å². The summed E-state index contributed by atoms with van der Waals surface area (Å²) in [6.07, 6.45) is 1.89. The van der Waals surface area contributed by atoms with Crippen molar-refractivity contribution >= 4 is 43.7 Å². The zero-order valence-electron chi connectivity index (χ0n) is 24.6. The summed E-state index contributed by atoms with van der Waals surface area (Å²) < 4.78 is 6.59. The molecule has 4 aromatic carbocycles. The van der Waals surface area contributed by atoms with Crippen LogP contribution < -0.4 is 0 Å². The number of benzene rings is 4. The molecule has 0 amide bonds. The number of hydrogen-bond acceptors (Lipinski definition) is 4. The molecule has 0 spiro atoms. The first-order valence-electron chi connectivity index (χ1n) is 14.6. The zero-order valence-corrected chi connectivity index (χ0v) is 24.6. The van der Waals surface area contributed by atoms with E-state index in [0.717, 1.165) is 72.0 Å². The van der Waals surface area contributed by atoms with Gasteiger partial charge >= 0.3 is 0 Å². The number of nitrogens with zero attached hydrogens (tertiary/aromatic N) is 3. The Morgan fingerprint density at radius 3 is 2.19 bits per heavy atom. The summed E-state index contributed by atoms with van der Waals surface area (Å²) in [6.45, 7) is 8.46. The van der Waals surface area contributed by atoms with E-state index in [1.54, 1.807) is 0 Å². The van der Waals surface area contributed by atoms with Gasteiger partial charge in [-0.2, -0.15) is 0 Å². The summed E-state index contributed by atoms with van der Waals surface area (Å²) in [7, 11) is 0. The summed E-state index contributed by atoms with van der Waals surface area (Å²) in [5.74, 6) is 0. The van der Waals surface area contributed by atoms with Gasteiger partial charge in [0.15, 0.2) is 5.58 Å². The lowest BCUT2D eigenvalue weighted by molar-refractivity contribution is 0.672. The third-order valence-corrected chi connectivity index (χ3v) is 8.58. The number of pyridine rings is 3. The first-order chi connectivity index (χ1) is 20.9. The van der Waals surface area contributed by atoms with Crippen molar-refractivity contribution in [2.75, 3.05) is 0 Å². The Morgan fingerprint density at radius 2 is 1.33 bits per heavy atom. The van der Waals surface area contributed by atoms with Crippen LogP contribution in [0.4, 0.5) is 0 Å². The second-order valence-electron chi connectivity index (χ2n) is 11.5. The lowest BCUT2D eigenvalue weighted by Gasteiger charge is -2.13. The number of rotatable bonds is 3. The number of aryl methyl sites for hydroxylation is 4. The van der Waals surface area contributed by atoms with Crippen molar-refractivity contribution in [3.8, 4) is 33.6 Å². The minimum Gasteiger partial charge on any atom is -0.453 e. The molecular formula is C39H29N3O. The molecule has 43 heavy (non-hydrogen) atoms. The molecule has 0 atom stereocenters. The summed E-state index contributed by atoms with van der Waals surface area (Å²) in [6, 6.07) is 34.1. The minimum absolute atomic E-state index is 0.818. The van der Waals surface area contributed by atoms with Crippen molar-refractivity contribution in [3.05, 3.63) is 126 Å². The quantitative estimate of drug-likeness (QED) is 0.218. The summed E-state index contributed by atoms with van der Waals surface area (Å²) in [4.78, 5) is 14.7. The van der Waals surface area contributed by atoms with Gasteiger partial charge in [-0.1, -0.05) is 48.5 Å². The molecule has 0 fully saturated rings. The van der Waals surface area contributed by atoms with Gasteiger partial charge in [-0.15, -0.1) is 0 Å². The predicted molar refractivity (Wildman–Crippen MR) is 177 cm³/mol. The molecule has 0 unspecified atom stereocenters. The number of para-hydroxylation sites is 1. The first-order valence-corrected chi connectivity index (χ1v) is 14.6. The maximum atomic E-state index is 6.59. The third-order valence-electron chi connectivity index (χ3n) is 8.58. The van der Waals surface area contributed by atoms with Gasteiger partial charge in [0.2, 0.25) is 0 Å². The number of hydrogen-bond donors (Lipinski definition) is 0. The predicted octanol–water partition coefficient (Wildman–Crippen LogP) is 10.3. The SMILES string of the molecule is Cc1ccc2ccc3c4cccc(-c5cc(-c6cc7ccc(-c8c(C)cccc8C)nc7cc6C)ccn5)c4oc3c2n1. The zero-order chi connectivity index (χ0) is 29.2. The van der Waals surface area contributed by atoms with Gasteiger partial charge in [0.1, 0.15) is 11.1 Å². The van der Waals surface area contributed by atoms with Crippen molar-refractivity contribution in [1.82, 2.24) is 15.0 Å². The fourth-order valence-corrected chi connectivity index (χ4v) is 6.43. The van der Waals surface area contributed by atoms with Crippen LogP contribution in [0.3, 0.4) is 0 Å². The highest BCUT2D eigenvalue weighted by Gasteiger charge is 2.17. The van der Waals surface area contributed by atoms with Crippen LogP contribution in [0.1, 0.15) is 22.4 Å². The monoisotopic (exact) mass is 555 g/mol. The van der Waals surface area contributed by atoms with Gasteiger partial charge in [0.05, 0.1) is 16.9 Å². The molecule has 8 rings (SSSR count). The minimum atomic E-state index is 0.818. The standard InChI is InChI=1S/C39H29N3O/c1-22-7-5-8-23(2)36(22)33-16-14-28-20-32(24(3)19-34(28)42-33)27-17-18-40-35(21-27)31-10-6-9-29-30-15-13-26-12-11-25(4)41-37(26)39(30)43-38(29)31/h5-21H,1-4H3. The van der Waals surface area contributed by atoms with Crippen LogP contribution >= 0.6 is 0 Å². The highest BCUT2D eigenvalue weighted by Crippen LogP contribution is 2.39. The van der Waals surface area contributed by atoms with Crippen molar-refractivity contribution in [2.45, 2.75) is 27.7 Å². The van der Waals surface area contributed by atoms with Crippen molar-refractivity contribution in [2.24, 2.45) is 0 Å². The maximum absolute atomic E-state index is 6.59. The van der Waals surface area contributed by atoms with Gasteiger partial charge in [-0.25, -0.2) is 9.97 Å². The molecule has 0 radical (unpaired) electrons. The van der Waals surface area contributed by atoms with Crippen LogP contribution in [0.25, 0.3) is 77.4 Å². The molecule has 0 N–H and O–H groups in total. The van der Waals surface area contributed by atoms with Crippen LogP contribution in [0.2, 0.25) is 0 Å². The van der Waals surface area contributed by atoms with Gasteiger partial charge < -0.3 is 4.42 Å². The lowest BCUT2D eigenvalue weighted by atomic mass is 9.95.